The van der Waals surface area contributed by atoms with Crippen LogP contribution in [0.25, 0.3) is 0 Å². The molecule has 0 spiro atoms. The highest BCUT2D eigenvalue weighted by atomic mass is 16.5. The van der Waals surface area contributed by atoms with Gasteiger partial charge in [-0.15, -0.1) is 0 Å². The molecule has 0 unspecified atom stereocenters. The zero-order valence-electron chi connectivity index (χ0n) is 14.0. The van der Waals surface area contributed by atoms with Gasteiger partial charge in [-0.25, -0.2) is 0 Å². The van der Waals surface area contributed by atoms with Gasteiger partial charge in [0.15, 0.2) is 0 Å². The monoisotopic (exact) mass is 295 g/mol. The van der Waals surface area contributed by atoms with Crippen LogP contribution in [0.3, 0.4) is 0 Å². The average Bonchev–Trinajstić information content (AvgIpc) is 2.53. The Labute approximate surface area is 128 Å². The van der Waals surface area contributed by atoms with E-state index in [0.29, 0.717) is 30.4 Å². The minimum Gasteiger partial charge on any atom is -0.463 e. The van der Waals surface area contributed by atoms with Gasteiger partial charge >= 0.3 is 6.01 Å². The van der Waals surface area contributed by atoms with Crippen molar-refractivity contribution in [1.82, 2.24) is 15.0 Å². The van der Waals surface area contributed by atoms with E-state index in [0.717, 1.165) is 32.4 Å². The third-order valence-corrected chi connectivity index (χ3v) is 3.56. The molecule has 0 fully saturated rings. The number of hydrogen-bond donors (Lipinski definition) is 1. The molecule has 1 aromatic heterocycles. The molecule has 0 saturated heterocycles. The van der Waals surface area contributed by atoms with Crippen molar-refractivity contribution in [1.29, 1.82) is 0 Å². The second-order valence-electron chi connectivity index (χ2n) is 5.06. The van der Waals surface area contributed by atoms with Crippen LogP contribution in [0.15, 0.2) is 0 Å². The van der Waals surface area contributed by atoms with Crippen LogP contribution in [0.4, 0.5) is 11.9 Å². The molecule has 1 rings (SSSR count). The van der Waals surface area contributed by atoms with Gasteiger partial charge in [0.05, 0.1) is 6.61 Å². The largest absolute Gasteiger partial charge is 0.463 e. The molecule has 0 atom stereocenters. The van der Waals surface area contributed by atoms with Crippen molar-refractivity contribution < 1.29 is 4.74 Å². The highest BCUT2D eigenvalue weighted by molar-refractivity contribution is 5.38. The number of hydrogen-bond acceptors (Lipinski definition) is 6. The van der Waals surface area contributed by atoms with E-state index in [9.17, 15) is 0 Å². The fraction of sp³-hybridized carbons (Fsp3) is 0.800. The van der Waals surface area contributed by atoms with Gasteiger partial charge in [-0.05, 0) is 19.3 Å². The summed E-state index contributed by atoms with van der Waals surface area (Å²) < 4.78 is 5.56. The second kappa shape index (κ2) is 9.37. The number of nitrogens with one attached hydrogen (secondary N) is 1. The van der Waals surface area contributed by atoms with Crippen LogP contribution in [0.2, 0.25) is 0 Å². The quantitative estimate of drug-likeness (QED) is 0.716. The lowest BCUT2D eigenvalue weighted by Crippen LogP contribution is -2.31. The summed E-state index contributed by atoms with van der Waals surface area (Å²) in [5.41, 5.74) is 0. The first-order valence-electron chi connectivity index (χ1n) is 7.99. The standard InChI is InChI=1S/C15H29N5O/c1-6-10-21-15-18-13(16-5)17-14(19-15)20(9-4)11-12(7-2)8-3/h12H,6-11H2,1-5H3,(H,16,17,18,19). The van der Waals surface area contributed by atoms with Crippen LogP contribution in [0.1, 0.15) is 47.0 Å². The van der Waals surface area contributed by atoms with Gasteiger partial charge in [0.1, 0.15) is 0 Å². The molecule has 0 bridgehead atoms. The first-order valence-corrected chi connectivity index (χ1v) is 7.99. The van der Waals surface area contributed by atoms with Crippen molar-refractivity contribution in [2.75, 3.05) is 37.0 Å². The fourth-order valence-electron chi connectivity index (χ4n) is 2.07. The maximum absolute atomic E-state index is 5.56. The molecule has 0 aliphatic rings. The number of anilines is 2. The van der Waals surface area contributed by atoms with Crippen molar-refractivity contribution >= 4 is 11.9 Å². The number of nitrogens with zero attached hydrogens (tertiary/aromatic N) is 4. The SMILES string of the molecule is CCCOc1nc(NC)nc(N(CC)CC(CC)CC)n1. The summed E-state index contributed by atoms with van der Waals surface area (Å²) in [5.74, 6) is 1.89. The summed E-state index contributed by atoms with van der Waals surface area (Å²) in [6.45, 7) is 11.1. The second-order valence-corrected chi connectivity index (χ2v) is 5.06. The Bertz CT molecular complexity index is 409. The van der Waals surface area contributed by atoms with Crippen LogP contribution in [-0.2, 0) is 0 Å². The zero-order chi connectivity index (χ0) is 15.7. The Kier molecular flexibility index (Phi) is 7.79. The molecule has 0 saturated carbocycles. The van der Waals surface area contributed by atoms with E-state index in [2.05, 4.69) is 52.9 Å². The van der Waals surface area contributed by atoms with Gasteiger partial charge in [-0.2, -0.15) is 15.0 Å². The molecule has 0 aliphatic carbocycles. The van der Waals surface area contributed by atoms with E-state index in [4.69, 9.17) is 4.74 Å². The van der Waals surface area contributed by atoms with Gasteiger partial charge in [0, 0.05) is 20.1 Å². The van der Waals surface area contributed by atoms with Crippen molar-refractivity contribution in [2.24, 2.45) is 5.92 Å². The molecule has 21 heavy (non-hydrogen) atoms. The van der Waals surface area contributed by atoms with E-state index < -0.39 is 0 Å². The predicted molar refractivity (Wildman–Crippen MR) is 87.1 cm³/mol. The van der Waals surface area contributed by atoms with Gasteiger partial charge in [0.2, 0.25) is 11.9 Å². The average molecular weight is 295 g/mol. The number of rotatable bonds is 10. The zero-order valence-corrected chi connectivity index (χ0v) is 14.0. The minimum absolute atomic E-state index is 0.397. The Morgan fingerprint density at radius 1 is 1.10 bits per heavy atom. The third kappa shape index (κ3) is 5.36. The Balaban J connectivity index is 2.95. The maximum Gasteiger partial charge on any atom is 0.323 e. The van der Waals surface area contributed by atoms with E-state index in [1.54, 1.807) is 7.05 Å². The Hall–Kier alpha value is -1.59. The maximum atomic E-state index is 5.56. The lowest BCUT2D eigenvalue weighted by Gasteiger charge is -2.25. The van der Waals surface area contributed by atoms with Crippen LogP contribution < -0.4 is 15.0 Å². The molecule has 6 nitrogen and oxygen atoms in total. The summed E-state index contributed by atoms with van der Waals surface area (Å²) in [5, 5.41) is 2.98. The molecule has 0 aromatic carbocycles. The smallest absolute Gasteiger partial charge is 0.323 e. The summed E-state index contributed by atoms with van der Waals surface area (Å²) in [6, 6.07) is 0.397. The highest BCUT2D eigenvalue weighted by Crippen LogP contribution is 2.18. The lowest BCUT2D eigenvalue weighted by molar-refractivity contribution is 0.291. The molecule has 1 N–H and O–H groups in total. The van der Waals surface area contributed by atoms with Crippen LogP contribution in [-0.4, -0.2) is 41.7 Å². The van der Waals surface area contributed by atoms with Crippen molar-refractivity contribution in [3.8, 4) is 6.01 Å². The van der Waals surface area contributed by atoms with Crippen LogP contribution in [0.5, 0.6) is 6.01 Å². The normalized spacial score (nSPS) is 10.8. The van der Waals surface area contributed by atoms with E-state index >= 15 is 0 Å². The molecule has 1 aromatic rings. The molecule has 0 radical (unpaired) electrons. The first-order chi connectivity index (χ1) is 10.2. The lowest BCUT2D eigenvalue weighted by atomic mass is 10.0. The van der Waals surface area contributed by atoms with E-state index in [1.807, 2.05) is 0 Å². The summed E-state index contributed by atoms with van der Waals surface area (Å²) in [6.07, 6.45) is 3.26. The molecular formula is C15H29N5O. The van der Waals surface area contributed by atoms with Gasteiger partial charge < -0.3 is 15.0 Å². The molecule has 120 valence electrons. The first kappa shape index (κ1) is 17.5. The topological polar surface area (TPSA) is 63.2 Å². The molecule has 0 aliphatic heterocycles. The van der Waals surface area contributed by atoms with Crippen molar-refractivity contribution in [3.05, 3.63) is 0 Å². The highest BCUT2D eigenvalue weighted by Gasteiger charge is 2.16. The third-order valence-electron chi connectivity index (χ3n) is 3.56. The molecule has 0 amide bonds. The van der Waals surface area contributed by atoms with Crippen molar-refractivity contribution in [2.45, 2.75) is 47.0 Å². The van der Waals surface area contributed by atoms with Crippen LogP contribution in [0, 0.1) is 5.92 Å². The Morgan fingerprint density at radius 2 is 1.81 bits per heavy atom. The van der Waals surface area contributed by atoms with Crippen LogP contribution >= 0.6 is 0 Å². The molecule has 1 heterocycles. The number of ether oxygens (including phenoxy) is 1. The molecular weight excluding hydrogens is 266 g/mol. The fourth-order valence-corrected chi connectivity index (χ4v) is 2.07. The summed E-state index contributed by atoms with van der Waals surface area (Å²) in [4.78, 5) is 15.4. The van der Waals surface area contributed by atoms with E-state index in [1.165, 1.54) is 0 Å². The van der Waals surface area contributed by atoms with Gasteiger partial charge in [-0.3, -0.25) is 0 Å². The Morgan fingerprint density at radius 3 is 2.33 bits per heavy atom. The predicted octanol–water partition coefficient (Wildman–Crippen LogP) is 2.96. The number of aromatic nitrogens is 3. The van der Waals surface area contributed by atoms with Gasteiger partial charge in [0.25, 0.3) is 0 Å². The summed E-state index contributed by atoms with van der Waals surface area (Å²) in [7, 11) is 1.81. The van der Waals surface area contributed by atoms with E-state index in [-0.39, 0.29) is 0 Å². The molecule has 6 heteroatoms. The summed E-state index contributed by atoms with van der Waals surface area (Å²) >= 11 is 0. The van der Waals surface area contributed by atoms with Crippen molar-refractivity contribution in [3.63, 3.8) is 0 Å². The van der Waals surface area contributed by atoms with Gasteiger partial charge in [-0.1, -0.05) is 33.6 Å². The minimum atomic E-state index is 0.397.